The Kier molecular flexibility index (Phi) is 11.2. The Morgan fingerprint density at radius 1 is 0.100 bits per heavy atom. The molecule has 19 aromatic rings. The van der Waals surface area contributed by atoms with Gasteiger partial charge in [-0.2, -0.15) is 0 Å². The van der Waals surface area contributed by atoms with Gasteiger partial charge in [-0.25, -0.2) is 0 Å². The Hall–Kier alpha value is -11.7. The molecule has 0 bridgehead atoms. The molecule has 0 radical (unpaired) electrons. The summed E-state index contributed by atoms with van der Waals surface area (Å²) < 4.78 is 0. The van der Waals surface area contributed by atoms with E-state index in [1.807, 2.05) is 0 Å². The predicted molar refractivity (Wildman–Crippen MR) is 389 cm³/mol. The second-order valence-corrected chi connectivity index (χ2v) is 24.6. The number of benzene rings is 19. The van der Waals surface area contributed by atoms with Gasteiger partial charge in [-0.15, -0.1) is 0 Å². The first-order valence-electron chi connectivity index (χ1n) is 31.4. The minimum Gasteiger partial charge on any atom is -0.0622 e. The molecule has 0 aliphatic heterocycles. The molecule has 19 rings (SSSR count). The molecule has 414 valence electrons. The number of rotatable bonds is 6. The molecule has 0 heteroatoms. The first kappa shape index (κ1) is 50.5. The molecule has 19 aromatic carbocycles. The fraction of sp³-hybridized carbons (Fsp3) is 0. The van der Waals surface area contributed by atoms with Gasteiger partial charge in [0.1, 0.15) is 0 Å². The lowest BCUT2D eigenvalue weighted by Gasteiger charge is -2.24. The molecule has 0 aliphatic rings. The molecule has 0 unspecified atom stereocenters. The van der Waals surface area contributed by atoms with Gasteiger partial charge in [0.05, 0.1) is 0 Å². The number of fused-ring (bicyclic) bond motifs is 12. The van der Waals surface area contributed by atoms with Crippen molar-refractivity contribution in [2.45, 2.75) is 0 Å². The first-order chi connectivity index (χ1) is 44.6. The smallest absolute Gasteiger partial charge is 0.00255 e. The third kappa shape index (κ3) is 7.88. The van der Waals surface area contributed by atoms with Crippen LogP contribution in [0.4, 0.5) is 0 Å². The fourth-order valence-corrected chi connectivity index (χ4v) is 15.5. The summed E-state index contributed by atoms with van der Waals surface area (Å²) in [6, 6.07) is 124. The van der Waals surface area contributed by atoms with Crippen LogP contribution in [0, 0.1) is 0 Å². The molecule has 0 nitrogen and oxygen atoms in total. The van der Waals surface area contributed by atoms with E-state index in [0.29, 0.717) is 0 Å². The zero-order chi connectivity index (χ0) is 59.0. The topological polar surface area (TPSA) is 0 Å². The van der Waals surface area contributed by atoms with Gasteiger partial charge >= 0.3 is 0 Å². The molecular formula is C90H54. The Bertz CT molecular complexity index is 5320. The molecule has 0 saturated carbocycles. The third-order valence-corrected chi connectivity index (χ3v) is 19.5. The molecule has 90 heavy (non-hydrogen) atoms. The molecule has 0 atom stereocenters. The molecule has 0 spiro atoms. The van der Waals surface area contributed by atoms with Gasteiger partial charge in [0, 0.05) is 0 Å². The van der Waals surface area contributed by atoms with Crippen molar-refractivity contribution in [1.29, 1.82) is 0 Å². The zero-order valence-corrected chi connectivity index (χ0v) is 49.2. The summed E-state index contributed by atoms with van der Waals surface area (Å²) in [4.78, 5) is 0. The fourth-order valence-electron chi connectivity index (χ4n) is 15.5. The molecule has 0 amide bonds. The minimum atomic E-state index is 1.16. The lowest BCUT2D eigenvalue weighted by molar-refractivity contribution is 1.63. The van der Waals surface area contributed by atoms with Gasteiger partial charge in [0.25, 0.3) is 0 Å². The van der Waals surface area contributed by atoms with Gasteiger partial charge < -0.3 is 0 Å². The summed E-state index contributed by atoms with van der Waals surface area (Å²) in [6.07, 6.45) is 0. The first-order valence-corrected chi connectivity index (χ1v) is 31.4. The van der Waals surface area contributed by atoms with Gasteiger partial charge in [-0.1, -0.05) is 237 Å². The normalized spacial score (nSPS) is 12.0. The van der Waals surface area contributed by atoms with Crippen molar-refractivity contribution in [2.24, 2.45) is 0 Å². The highest BCUT2D eigenvalue weighted by atomic mass is 14.3. The summed E-state index contributed by atoms with van der Waals surface area (Å²) in [6.45, 7) is 0. The Morgan fingerprint density at radius 2 is 0.222 bits per heavy atom. The summed E-state index contributed by atoms with van der Waals surface area (Å²) in [5.74, 6) is 0. The summed E-state index contributed by atoms with van der Waals surface area (Å²) in [5, 5.41) is 29.2. The maximum Gasteiger partial charge on any atom is -0.00255 e. The second kappa shape index (κ2) is 19.9. The summed E-state index contributed by atoms with van der Waals surface area (Å²) in [5.41, 5.74) is 14.5. The van der Waals surface area contributed by atoms with Gasteiger partial charge in [-0.3, -0.25) is 0 Å². The van der Waals surface area contributed by atoms with Crippen LogP contribution in [0.2, 0.25) is 0 Å². The van der Waals surface area contributed by atoms with E-state index in [1.54, 1.807) is 0 Å². The van der Waals surface area contributed by atoms with Crippen molar-refractivity contribution in [1.82, 2.24) is 0 Å². The van der Waals surface area contributed by atoms with Crippen LogP contribution in [0.1, 0.15) is 0 Å². The van der Waals surface area contributed by atoms with Crippen LogP contribution < -0.4 is 0 Å². The third-order valence-electron chi connectivity index (χ3n) is 19.5. The average Bonchev–Trinajstić information content (AvgIpc) is 1.01. The van der Waals surface area contributed by atoms with Crippen molar-refractivity contribution < 1.29 is 0 Å². The Morgan fingerprint density at radius 3 is 0.367 bits per heavy atom. The highest BCUT2D eigenvalue weighted by Crippen LogP contribution is 2.53. The van der Waals surface area contributed by atoms with Crippen LogP contribution in [-0.2, 0) is 0 Å². The number of hydrogen-bond donors (Lipinski definition) is 0. The second-order valence-electron chi connectivity index (χ2n) is 24.6. The molecule has 0 aromatic heterocycles. The van der Waals surface area contributed by atoms with Crippen LogP contribution in [0.3, 0.4) is 0 Å². The molecule has 0 saturated heterocycles. The largest absolute Gasteiger partial charge is 0.0622 e. The lowest BCUT2D eigenvalue weighted by atomic mass is 9.79. The Balaban J connectivity index is 1.06. The molecule has 0 heterocycles. The van der Waals surface area contributed by atoms with Crippen LogP contribution in [0.25, 0.3) is 196 Å². The predicted octanol–water partition coefficient (Wildman–Crippen LogP) is 25.5. The van der Waals surface area contributed by atoms with E-state index in [4.69, 9.17) is 0 Å². The zero-order valence-electron chi connectivity index (χ0n) is 49.2. The van der Waals surface area contributed by atoms with E-state index in [0.717, 1.165) is 16.7 Å². The quantitative estimate of drug-likeness (QED) is 0.146. The SMILES string of the molecule is c1ccc(-c2c3cc4ccccc4cc3c(-c3cc(-c4c5cc6ccccc6cc5c(-c5ccccc5)c5cc6ccccc6cc45)cc(-c4c5cc6ccccc6cc5c(-c5ccccc5)c5cc6ccccc6cc45)c3)c3cc4ccccc4cc23)cc1. The van der Waals surface area contributed by atoms with E-state index in [2.05, 4.69) is 328 Å². The number of hydrogen-bond acceptors (Lipinski definition) is 0. The molecule has 0 fully saturated rings. The van der Waals surface area contributed by atoms with Crippen molar-refractivity contribution in [3.63, 3.8) is 0 Å². The van der Waals surface area contributed by atoms with Crippen LogP contribution in [-0.4, -0.2) is 0 Å². The molecule has 0 N–H and O–H groups in total. The van der Waals surface area contributed by atoms with Crippen LogP contribution in [0.5, 0.6) is 0 Å². The highest BCUT2D eigenvalue weighted by Gasteiger charge is 2.26. The summed E-state index contributed by atoms with van der Waals surface area (Å²) >= 11 is 0. The van der Waals surface area contributed by atoms with Crippen molar-refractivity contribution in [2.75, 3.05) is 0 Å². The van der Waals surface area contributed by atoms with Gasteiger partial charge in [0.15, 0.2) is 0 Å². The standard InChI is InChI=1S/C90H54/c1-4-22-55(23-5-1)85-73-43-58-28-10-16-34-64(58)49-79(73)88(80-50-65-35-17-11-29-59(65)44-74(80)85)70-40-71(89-81-51-66-36-18-12-30-60(66)45-75(81)86(56-24-6-2-7-25-56)76-46-61-31-13-19-37-67(61)52-82(76)89)42-72(41-70)90-83-53-68-38-20-14-32-62(68)47-77(83)87(57-26-8-3-9-27-57)78-48-63-33-15-21-39-69(63)54-84(78)90/h1-54H. The van der Waals surface area contributed by atoms with Crippen LogP contribution in [0.15, 0.2) is 328 Å². The molecule has 0 aliphatic carbocycles. The summed E-state index contributed by atoms with van der Waals surface area (Å²) in [7, 11) is 0. The van der Waals surface area contributed by atoms with Crippen molar-refractivity contribution in [3.05, 3.63) is 328 Å². The van der Waals surface area contributed by atoms with E-state index < -0.39 is 0 Å². The lowest BCUT2D eigenvalue weighted by Crippen LogP contribution is -1.96. The maximum atomic E-state index is 2.57. The van der Waals surface area contributed by atoms with E-state index in [9.17, 15) is 0 Å². The van der Waals surface area contributed by atoms with Crippen LogP contribution >= 0.6 is 0 Å². The van der Waals surface area contributed by atoms with E-state index in [1.165, 1.54) is 179 Å². The van der Waals surface area contributed by atoms with E-state index in [-0.39, 0.29) is 0 Å². The molecular weight excluding hydrogens is 1080 g/mol. The van der Waals surface area contributed by atoms with Gasteiger partial charge in [0.2, 0.25) is 0 Å². The van der Waals surface area contributed by atoms with Gasteiger partial charge in [-0.05, 0) is 287 Å². The average molecular weight is 1140 g/mol. The maximum absolute atomic E-state index is 2.57. The monoisotopic (exact) mass is 1130 g/mol. The minimum absolute atomic E-state index is 1.16. The van der Waals surface area contributed by atoms with E-state index >= 15 is 0 Å². The highest BCUT2D eigenvalue weighted by molar-refractivity contribution is 6.30. The van der Waals surface area contributed by atoms with Crippen molar-refractivity contribution in [3.8, 4) is 66.8 Å². The Labute approximate surface area is 520 Å². The van der Waals surface area contributed by atoms with Crippen molar-refractivity contribution >= 4 is 129 Å².